The van der Waals surface area contributed by atoms with E-state index < -0.39 is 173 Å². The molecule has 0 aromatic heterocycles. The van der Waals surface area contributed by atoms with Crippen molar-refractivity contribution in [3.8, 4) is 5.75 Å². The first kappa shape index (κ1) is 94.6. The fraction of sp³-hybridized carbons (Fsp3) is 0.603. The number of carboxylic acids is 1. The smallest absolute Gasteiger partial charge is 0.326 e. The highest BCUT2D eigenvalue weighted by Crippen LogP contribution is 2.17. The molecule has 0 saturated carbocycles. The number of phenolic OH excluding ortho intramolecular Hbond substituents is 1. The fourth-order valence-corrected chi connectivity index (χ4v) is 11.9. The number of nitrogens with one attached hydrogen (secondary N) is 12. The lowest BCUT2D eigenvalue weighted by Crippen LogP contribution is -2.62. The van der Waals surface area contributed by atoms with Crippen LogP contribution in [0.1, 0.15) is 169 Å². The number of carboxylic acid groups (broad SMARTS) is 1. The Bertz CT molecular complexity index is 3410. The van der Waals surface area contributed by atoms with Crippen molar-refractivity contribution in [1.82, 2.24) is 63.8 Å². The summed E-state index contributed by atoms with van der Waals surface area (Å²) in [6.07, 6.45) is 4.48. The van der Waals surface area contributed by atoms with Gasteiger partial charge in [-0.1, -0.05) is 135 Å². The van der Waals surface area contributed by atoms with Crippen molar-refractivity contribution in [3.63, 3.8) is 0 Å². The van der Waals surface area contributed by atoms with Gasteiger partial charge in [0.2, 0.25) is 70.9 Å². The van der Waals surface area contributed by atoms with Crippen molar-refractivity contribution in [2.75, 3.05) is 26.2 Å². The van der Waals surface area contributed by atoms with E-state index in [1.54, 1.807) is 102 Å². The molecule has 12 amide bonds. The van der Waals surface area contributed by atoms with Gasteiger partial charge < -0.3 is 103 Å². The summed E-state index contributed by atoms with van der Waals surface area (Å²) < 4.78 is 0. The quantitative estimate of drug-likeness (QED) is 0.0336. The van der Waals surface area contributed by atoms with Crippen LogP contribution in [0.25, 0.3) is 0 Å². The van der Waals surface area contributed by atoms with Gasteiger partial charge in [-0.05, 0) is 170 Å². The molecule has 13 atom stereocenters. The summed E-state index contributed by atoms with van der Waals surface area (Å²) in [5.74, 6) is -12.6. The molecule has 3 aromatic carbocycles. The minimum atomic E-state index is -1.46. The van der Waals surface area contributed by atoms with Crippen molar-refractivity contribution >= 4 is 76.9 Å². The summed E-state index contributed by atoms with van der Waals surface area (Å²) in [5.41, 5.74) is 30.9. The Balaban J connectivity index is 1.84. The third kappa shape index (κ3) is 34.5. The monoisotopic (exact) mass is 1540 g/mol. The number of rotatable bonds is 52. The third-order valence-electron chi connectivity index (χ3n) is 18.5. The summed E-state index contributed by atoms with van der Waals surface area (Å²) in [7, 11) is 0. The Kier molecular flexibility index (Phi) is 43.2. The van der Waals surface area contributed by atoms with Crippen LogP contribution < -0.4 is 92.5 Å². The van der Waals surface area contributed by atoms with Crippen LogP contribution in [0.15, 0.2) is 84.9 Å². The Morgan fingerprint density at radius 3 is 0.991 bits per heavy atom. The average Bonchev–Trinajstić information content (AvgIpc) is 0.848. The molecule has 32 nitrogen and oxygen atoms in total. The summed E-state index contributed by atoms with van der Waals surface area (Å²) in [6, 6.07) is 6.54. The fourth-order valence-electron chi connectivity index (χ4n) is 11.9. The van der Waals surface area contributed by atoms with Gasteiger partial charge >= 0.3 is 5.97 Å². The summed E-state index contributed by atoms with van der Waals surface area (Å²) in [4.78, 5) is 183. The lowest BCUT2D eigenvalue weighted by Gasteiger charge is -2.30. The summed E-state index contributed by atoms with van der Waals surface area (Å²) in [6.45, 7) is 17.5. The molecule has 3 rings (SSSR count). The minimum absolute atomic E-state index is 0.0363. The molecule has 24 N–H and O–H groups in total. The number of nitrogens with two attached hydrogens (primary N) is 5. The topological polar surface area (TPSA) is 537 Å². The highest BCUT2D eigenvalue weighted by atomic mass is 16.4. The molecule has 0 bridgehead atoms. The van der Waals surface area contributed by atoms with Gasteiger partial charge in [0.1, 0.15) is 78.3 Å². The van der Waals surface area contributed by atoms with Gasteiger partial charge in [-0.2, -0.15) is 0 Å². The second kappa shape index (κ2) is 50.2. The van der Waals surface area contributed by atoms with Gasteiger partial charge in [0.15, 0.2) is 0 Å². The summed E-state index contributed by atoms with van der Waals surface area (Å²) in [5, 5.41) is 52.6. The van der Waals surface area contributed by atoms with Gasteiger partial charge in [0, 0.05) is 19.3 Å². The second-order valence-electron chi connectivity index (χ2n) is 29.5. The van der Waals surface area contributed by atoms with Crippen molar-refractivity contribution in [2.45, 2.75) is 251 Å². The first-order valence-electron chi connectivity index (χ1n) is 38.4. The zero-order chi connectivity index (χ0) is 82.2. The van der Waals surface area contributed by atoms with Crippen LogP contribution in [0.5, 0.6) is 5.75 Å². The molecule has 0 radical (unpaired) electrons. The van der Waals surface area contributed by atoms with Crippen LogP contribution in [-0.2, 0) is 81.6 Å². The Morgan fingerprint density at radius 1 is 0.309 bits per heavy atom. The number of benzene rings is 3. The van der Waals surface area contributed by atoms with Gasteiger partial charge in [0.05, 0.1) is 6.04 Å². The van der Waals surface area contributed by atoms with Crippen LogP contribution in [0.4, 0.5) is 0 Å². The maximum atomic E-state index is 14.7. The van der Waals surface area contributed by atoms with Gasteiger partial charge in [0.25, 0.3) is 0 Å². The predicted molar refractivity (Wildman–Crippen MR) is 418 cm³/mol. The van der Waals surface area contributed by atoms with Crippen LogP contribution in [-0.4, -0.2) is 192 Å². The molecule has 0 unspecified atom stereocenters. The van der Waals surface area contributed by atoms with Gasteiger partial charge in [-0.3, -0.25) is 57.5 Å². The summed E-state index contributed by atoms with van der Waals surface area (Å²) >= 11 is 0. The molecule has 0 aliphatic carbocycles. The number of carbonyl (C=O) groups is 13. The molecule has 110 heavy (non-hydrogen) atoms. The molecular weight excluding hydrogens is 1410 g/mol. The lowest BCUT2D eigenvalue weighted by atomic mass is 9.98. The molecule has 0 aliphatic heterocycles. The molecule has 0 fully saturated rings. The Morgan fingerprint density at radius 2 is 0.591 bits per heavy atom. The van der Waals surface area contributed by atoms with E-state index in [2.05, 4.69) is 63.8 Å². The number of hydrogen-bond donors (Lipinski definition) is 19. The maximum absolute atomic E-state index is 14.7. The molecule has 0 aliphatic rings. The van der Waals surface area contributed by atoms with E-state index in [-0.39, 0.29) is 63.2 Å². The molecule has 3 aromatic rings. The average molecular weight is 1540 g/mol. The molecule has 0 spiro atoms. The first-order chi connectivity index (χ1) is 52.1. The highest BCUT2D eigenvalue weighted by molar-refractivity contribution is 6.00. The second-order valence-corrected chi connectivity index (χ2v) is 29.5. The minimum Gasteiger partial charge on any atom is -0.508 e. The Labute approximate surface area is 646 Å². The molecular formula is C78H125N17O15. The molecule has 0 saturated heterocycles. The number of hydrogen-bond acceptors (Lipinski definition) is 19. The van der Waals surface area contributed by atoms with Crippen molar-refractivity contribution in [1.29, 1.82) is 0 Å². The Hall–Kier alpha value is -9.63. The van der Waals surface area contributed by atoms with Gasteiger partial charge in [-0.15, -0.1) is 0 Å². The van der Waals surface area contributed by atoms with Gasteiger partial charge in [-0.25, -0.2) is 4.79 Å². The zero-order valence-electron chi connectivity index (χ0n) is 65.6. The van der Waals surface area contributed by atoms with E-state index in [0.29, 0.717) is 94.1 Å². The SMILES string of the molecule is CC(C)C[C@H](NC(=O)[C@@H](NC(=O)[C@H](Cc1ccc(O)cc1)NC(=O)[C@H](Cc1ccccc1)NC(=O)[C@H](C)NC(=O)[C@H](C)NC(=O)[C@@H](NC(=O)[C@@H](NC(=O)[C@H](CCCCN)NC(=O)[C@H](CCCCN)NC(=O)[C@H](CCCCN)NC(=O)[C@@H](N)CCCCN)C(C)C)C(C)C)C(C)C)C(=O)N[C@@H](Cc1ccccc1)C(=O)O. The first-order valence-corrected chi connectivity index (χ1v) is 38.4. The lowest BCUT2D eigenvalue weighted by molar-refractivity contribution is -0.142. The van der Waals surface area contributed by atoms with Crippen LogP contribution >= 0.6 is 0 Å². The van der Waals surface area contributed by atoms with Crippen LogP contribution in [0.2, 0.25) is 0 Å². The number of phenols is 1. The molecule has 32 heteroatoms. The van der Waals surface area contributed by atoms with Crippen molar-refractivity contribution < 1.29 is 72.5 Å². The normalized spacial score (nSPS) is 14.9. The van der Waals surface area contributed by atoms with Crippen LogP contribution in [0, 0.1) is 23.7 Å². The highest BCUT2D eigenvalue weighted by Gasteiger charge is 2.38. The van der Waals surface area contributed by atoms with E-state index in [1.807, 2.05) is 13.8 Å². The predicted octanol–water partition coefficient (Wildman–Crippen LogP) is 0.219. The van der Waals surface area contributed by atoms with E-state index in [4.69, 9.17) is 28.7 Å². The number of aromatic hydroxyl groups is 1. The maximum Gasteiger partial charge on any atom is 0.326 e. The largest absolute Gasteiger partial charge is 0.508 e. The third-order valence-corrected chi connectivity index (χ3v) is 18.5. The van der Waals surface area contributed by atoms with Crippen molar-refractivity contribution in [3.05, 3.63) is 102 Å². The molecule has 612 valence electrons. The zero-order valence-corrected chi connectivity index (χ0v) is 65.6. The van der Waals surface area contributed by atoms with E-state index in [0.717, 1.165) is 0 Å². The standard InChI is InChI=1S/C78H125N17O15/c1-45(2)41-59(72(103)92-62(78(109)110)44-52-27-15-12-16-28-52)91-76(107)64(47(5)6)94-74(105)61(43-53-33-35-54(96)36-34-53)90-73(104)60(42-51-25-13-11-14-26-51)89-67(98)50(10)84-66(97)49(9)85-75(106)63(46(3)4)95-77(108)65(48(7)8)93-71(102)58(32-20-24-40-82)88-70(101)57(31-19-23-39-81)87-69(100)56(30-18-22-38-80)86-68(99)55(83)29-17-21-37-79/h11-16,25-28,33-36,45-50,55-65,96H,17-24,29-32,37-44,79-83H2,1-10H3,(H,84,97)(H,85,106)(H,86,99)(H,87,100)(H,88,101)(H,89,98)(H,90,104)(H,91,107)(H,92,103)(H,93,102)(H,94,105)(H,95,108)(H,109,110)/t49-,50-,55-,56-,57-,58-,59-,60-,61-,62-,63-,64-,65-/m0/s1. The van der Waals surface area contributed by atoms with Crippen molar-refractivity contribution in [2.24, 2.45) is 52.3 Å². The van der Waals surface area contributed by atoms with E-state index >= 15 is 0 Å². The number of unbranched alkanes of at least 4 members (excludes halogenated alkanes) is 4. The van der Waals surface area contributed by atoms with Crippen LogP contribution in [0.3, 0.4) is 0 Å². The number of amides is 12. The number of carbonyl (C=O) groups excluding carboxylic acids is 12. The van der Waals surface area contributed by atoms with E-state index in [9.17, 15) is 72.5 Å². The number of aliphatic carboxylic acids is 1. The molecule has 0 heterocycles. The van der Waals surface area contributed by atoms with E-state index in [1.165, 1.54) is 38.1 Å².